The minimum Gasteiger partial charge on any atom is -0.450 e. The molecule has 3 aromatic rings. The Morgan fingerprint density at radius 3 is 2.86 bits per heavy atom. The highest BCUT2D eigenvalue weighted by molar-refractivity contribution is 6.05. The number of furan rings is 1. The second-order valence-electron chi connectivity index (χ2n) is 5.99. The molecule has 2 N–H and O–H groups in total. The molecule has 0 saturated heterocycles. The van der Waals surface area contributed by atoms with E-state index in [2.05, 4.69) is 29.1 Å². The van der Waals surface area contributed by atoms with E-state index in [0.717, 1.165) is 22.9 Å². The number of aromatic nitrogens is 2. The van der Waals surface area contributed by atoms with Gasteiger partial charge in [0.1, 0.15) is 17.4 Å². The first-order valence-electron chi connectivity index (χ1n) is 7.08. The van der Waals surface area contributed by atoms with Crippen molar-refractivity contribution in [3.05, 3.63) is 30.6 Å². The molecule has 2 heterocycles. The highest BCUT2D eigenvalue weighted by atomic mass is 16.3. The fourth-order valence-corrected chi connectivity index (χ4v) is 2.36. The highest BCUT2D eigenvalue weighted by Crippen LogP contribution is 2.31. The Balaban J connectivity index is 1.96. The number of para-hydroxylation sites is 1. The van der Waals surface area contributed by atoms with E-state index >= 15 is 0 Å². The Labute approximate surface area is 123 Å². The number of hydrogen-bond donors (Lipinski definition) is 2. The third-order valence-electron chi connectivity index (χ3n) is 3.68. The van der Waals surface area contributed by atoms with Crippen LogP contribution >= 0.6 is 0 Å². The Bertz CT molecular complexity index is 764. The van der Waals surface area contributed by atoms with Crippen molar-refractivity contribution in [2.24, 2.45) is 5.41 Å². The summed E-state index contributed by atoms with van der Waals surface area (Å²) in [6, 6.07) is 7.83. The van der Waals surface area contributed by atoms with Gasteiger partial charge >= 0.3 is 0 Å². The van der Waals surface area contributed by atoms with Crippen LogP contribution in [0.5, 0.6) is 0 Å². The van der Waals surface area contributed by atoms with Crippen molar-refractivity contribution in [3.63, 3.8) is 0 Å². The lowest BCUT2D eigenvalue weighted by Crippen LogP contribution is -2.24. The van der Waals surface area contributed by atoms with Gasteiger partial charge in [-0.05, 0) is 24.0 Å². The minimum absolute atomic E-state index is 0.0158. The maximum atomic E-state index is 9.09. The predicted octanol–water partition coefficient (Wildman–Crippen LogP) is 3.20. The molecule has 0 bridgehead atoms. The summed E-state index contributed by atoms with van der Waals surface area (Å²) < 4.78 is 5.87. The fourth-order valence-electron chi connectivity index (χ4n) is 2.36. The van der Waals surface area contributed by atoms with Gasteiger partial charge in [-0.1, -0.05) is 26.0 Å². The smallest absolute Gasteiger partial charge is 0.196 e. The molecule has 0 fully saturated rings. The SMILES string of the molecule is CC(C)(CCO)CNc1ncnc2c1oc1ccccc12. The van der Waals surface area contributed by atoms with Gasteiger partial charge in [0.15, 0.2) is 11.4 Å². The van der Waals surface area contributed by atoms with Gasteiger partial charge in [-0.3, -0.25) is 0 Å². The first-order valence-corrected chi connectivity index (χ1v) is 7.08. The number of benzene rings is 1. The van der Waals surface area contributed by atoms with Crippen LogP contribution in [0.2, 0.25) is 0 Å². The van der Waals surface area contributed by atoms with Crippen molar-refractivity contribution in [1.82, 2.24) is 9.97 Å². The van der Waals surface area contributed by atoms with Gasteiger partial charge in [0.25, 0.3) is 0 Å². The summed E-state index contributed by atoms with van der Waals surface area (Å²) in [5.74, 6) is 0.696. The number of hydrogen-bond acceptors (Lipinski definition) is 5. The van der Waals surface area contributed by atoms with Crippen LogP contribution < -0.4 is 5.32 Å². The van der Waals surface area contributed by atoms with E-state index in [-0.39, 0.29) is 12.0 Å². The number of aliphatic hydroxyl groups is 1. The molecule has 0 aliphatic carbocycles. The molecule has 21 heavy (non-hydrogen) atoms. The average Bonchev–Trinajstić information content (AvgIpc) is 2.84. The van der Waals surface area contributed by atoms with Gasteiger partial charge in [-0.25, -0.2) is 9.97 Å². The quantitative estimate of drug-likeness (QED) is 0.753. The zero-order valence-corrected chi connectivity index (χ0v) is 12.3. The van der Waals surface area contributed by atoms with Crippen molar-refractivity contribution in [3.8, 4) is 0 Å². The fraction of sp³-hybridized carbons (Fsp3) is 0.375. The topological polar surface area (TPSA) is 71.2 Å². The molecular weight excluding hydrogens is 266 g/mol. The van der Waals surface area contributed by atoms with E-state index < -0.39 is 0 Å². The second kappa shape index (κ2) is 5.33. The van der Waals surface area contributed by atoms with Crippen molar-refractivity contribution >= 4 is 27.9 Å². The molecule has 2 aromatic heterocycles. The first kappa shape index (κ1) is 13.8. The van der Waals surface area contributed by atoms with E-state index in [9.17, 15) is 0 Å². The van der Waals surface area contributed by atoms with Crippen LogP contribution in [-0.2, 0) is 0 Å². The van der Waals surface area contributed by atoms with Crippen LogP contribution in [0.15, 0.2) is 35.0 Å². The summed E-state index contributed by atoms with van der Waals surface area (Å²) in [5, 5.41) is 13.4. The molecule has 5 heteroatoms. The number of rotatable bonds is 5. The zero-order chi connectivity index (χ0) is 14.9. The maximum absolute atomic E-state index is 9.09. The number of nitrogens with zero attached hydrogens (tertiary/aromatic N) is 2. The number of anilines is 1. The Kier molecular flexibility index (Phi) is 3.51. The molecular formula is C16H19N3O2. The molecule has 110 valence electrons. The van der Waals surface area contributed by atoms with Crippen LogP contribution in [0.1, 0.15) is 20.3 Å². The molecule has 0 unspecified atom stereocenters. The monoisotopic (exact) mass is 285 g/mol. The molecule has 0 saturated carbocycles. The molecule has 0 radical (unpaired) electrons. The molecule has 0 amide bonds. The van der Waals surface area contributed by atoms with Crippen LogP contribution in [-0.4, -0.2) is 28.2 Å². The van der Waals surface area contributed by atoms with Gasteiger partial charge in [0, 0.05) is 18.5 Å². The Hall–Kier alpha value is -2.14. The summed E-state index contributed by atoms with van der Waals surface area (Å²) in [6.45, 7) is 5.09. The van der Waals surface area contributed by atoms with E-state index in [1.54, 1.807) is 6.33 Å². The van der Waals surface area contributed by atoms with Crippen LogP contribution in [0.3, 0.4) is 0 Å². The summed E-state index contributed by atoms with van der Waals surface area (Å²) in [5.41, 5.74) is 2.30. The highest BCUT2D eigenvalue weighted by Gasteiger charge is 2.19. The van der Waals surface area contributed by atoms with Gasteiger partial charge in [0.2, 0.25) is 0 Å². The normalized spacial score (nSPS) is 12.1. The van der Waals surface area contributed by atoms with Crippen LogP contribution in [0.25, 0.3) is 22.1 Å². The van der Waals surface area contributed by atoms with Gasteiger partial charge in [0.05, 0.1) is 0 Å². The van der Waals surface area contributed by atoms with Crippen molar-refractivity contribution < 1.29 is 9.52 Å². The molecule has 0 aliphatic rings. The number of aliphatic hydroxyl groups excluding tert-OH is 1. The number of fused-ring (bicyclic) bond motifs is 3. The Morgan fingerprint density at radius 2 is 2.05 bits per heavy atom. The van der Waals surface area contributed by atoms with Crippen molar-refractivity contribution in [2.75, 3.05) is 18.5 Å². The lowest BCUT2D eigenvalue weighted by Gasteiger charge is -2.23. The minimum atomic E-state index is -0.0158. The second-order valence-corrected chi connectivity index (χ2v) is 5.99. The third-order valence-corrected chi connectivity index (χ3v) is 3.68. The maximum Gasteiger partial charge on any atom is 0.196 e. The molecule has 3 rings (SSSR count). The van der Waals surface area contributed by atoms with E-state index in [4.69, 9.17) is 9.52 Å². The average molecular weight is 285 g/mol. The summed E-state index contributed by atoms with van der Waals surface area (Å²) in [6.07, 6.45) is 2.28. The predicted molar refractivity (Wildman–Crippen MR) is 83.3 cm³/mol. The van der Waals surface area contributed by atoms with Gasteiger partial charge in [-0.2, -0.15) is 0 Å². The molecule has 5 nitrogen and oxygen atoms in total. The van der Waals surface area contributed by atoms with Gasteiger partial charge in [-0.15, -0.1) is 0 Å². The van der Waals surface area contributed by atoms with Crippen molar-refractivity contribution in [1.29, 1.82) is 0 Å². The zero-order valence-electron chi connectivity index (χ0n) is 12.3. The molecule has 0 atom stereocenters. The summed E-state index contributed by atoms with van der Waals surface area (Å²) in [7, 11) is 0. The van der Waals surface area contributed by atoms with Crippen molar-refractivity contribution in [2.45, 2.75) is 20.3 Å². The van der Waals surface area contributed by atoms with E-state index in [1.807, 2.05) is 24.3 Å². The summed E-state index contributed by atoms with van der Waals surface area (Å²) in [4.78, 5) is 8.61. The number of nitrogens with one attached hydrogen (secondary N) is 1. The first-order chi connectivity index (χ1) is 10.1. The van der Waals surface area contributed by atoms with Crippen LogP contribution in [0.4, 0.5) is 5.82 Å². The molecule has 0 spiro atoms. The van der Waals surface area contributed by atoms with E-state index in [1.165, 1.54) is 0 Å². The Morgan fingerprint density at radius 1 is 1.24 bits per heavy atom. The van der Waals surface area contributed by atoms with Crippen LogP contribution in [0, 0.1) is 5.41 Å². The van der Waals surface area contributed by atoms with E-state index in [0.29, 0.717) is 17.9 Å². The van der Waals surface area contributed by atoms with Gasteiger partial charge < -0.3 is 14.8 Å². The lowest BCUT2D eigenvalue weighted by atomic mass is 9.90. The molecule has 0 aliphatic heterocycles. The largest absolute Gasteiger partial charge is 0.450 e. The molecule has 1 aromatic carbocycles. The lowest BCUT2D eigenvalue weighted by molar-refractivity contribution is 0.220. The standard InChI is InChI=1S/C16H19N3O2/c1-16(2,7-8-20)9-17-15-14-13(18-10-19-15)11-5-3-4-6-12(11)21-14/h3-6,10,20H,7-9H2,1-2H3,(H,17,18,19). The third kappa shape index (κ3) is 2.69. The summed E-state index contributed by atoms with van der Waals surface area (Å²) >= 11 is 0.